The molecule has 412 valence electrons. The fraction of sp³-hybridized carbons (Fsp3) is 0.772. The first-order valence-corrected chi connectivity index (χ1v) is 27.0. The van der Waals surface area contributed by atoms with E-state index in [4.69, 9.17) is 42.6 Å². The summed E-state index contributed by atoms with van der Waals surface area (Å²) in [7, 11) is 6.37. The number of cyclic esters (lactones) is 1. The number of hydrogen-bond acceptors (Lipinski definition) is 15. The fourth-order valence-corrected chi connectivity index (χ4v) is 11.4. The van der Waals surface area contributed by atoms with Gasteiger partial charge in [-0.05, 0) is 107 Å². The minimum atomic E-state index is -2.46. The maximum atomic E-state index is 14.6. The number of piperidine rings is 1. The van der Waals surface area contributed by atoms with Crippen molar-refractivity contribution >= 4 is 29.2 Å². The molecule has 0 radical (unpaired) electrons. The Hall–Kier alpha value is -3.45. The molecule has 3 saturated heterocycles. The smallest absolute Gasteiger partial charge is 0.329 e. The van der Waals surface area contributed by atoms with Crippen LogP contribution in [-0.2, 0) is 66.6 Å². The first-order valence-electron chi connectivity index (χ1n) is 27.0. The summed E-state index contributed by atoms with van der Waals surface area (Å²) in [5, 5.41) is 12.2. The molecule has 16 heteroatoms. The summed E-state index contributed by atoms with van der Waals surface area (Å²) in [5.41, 5.74) is 1.52. The molecule has 0 spiro atoms. The highest BCUT2D eigenvalue weighted by molar-refractivity contribution is 6.39. The molecule has 2 bridgehead atoms. The number of esters is 1. The van der Waals surface area contributed by atoms with Crippen LogP contribution in [0, 0.1) is 35.5 Å². The average Bonchev–Trinajstić information content (AvgIpc) is 3.38. The third-order valence-corrected chi connectivity index (χ3v) is 16.1. The van der Waals surface area contributed by atoms with E-state index in [0.29, 0.717) is 63.9 Å². The zero-order valence-corrected chi connectivity index (χ0v) is 45.8. The quantitative estimate of drug-likeness (QED) is 0.130. The summed E-state index contributed by atoms with van der Waals surface area (Å²) in [6.07, 6.45) is 13.4. The van der Waals surface area contributed by atoms with E-state index in [1.165, 1.54) is 19.1 Å². The van der Waals surface area contributed by atoms with E-state index < -0.39 is 71.8 Å². The van der Waals surface area contributed by atoms with Crippen LogP contribution < -0.4 is 0 Å². The molecule has 16 atom stereocenters. The zero-order valence-electron chi connectivity index (χ0n) is 45.8. The molecule has 16 nitrogen and oxygen atoms in total. The number of ether oxygens (including phenoxy) is 9. The van der Waals surface area contributed by atoms with E-state index >= 15 is 0 Å². The van der Waals surface area contributed by atoms with Gasteiger partial charge in [-0.3, -0.25) is 19.2 Å². The number of rotatable bonds is 10. The van der Waals surface area contributed by atoms with Crippen LogP contribution >= 0.6 is 0 Å². The van der Waals surface area contributed by atoms with Gasteiger partial charge < -0.3 is 52.6 Å². The Morgan fingerprint density at radius 1 is 0.808 bits per heavy atom. The van der Waals surface area contributed by atoms with Gasteiger partial charge in [-0.1, -0.05) is 71.1 Å². The average molecular weight is 1030 g/mol. The lowest BCUT2D eigenvalue weighted by Crippen LogP contribution is -2.61. The van der Waals surface area contributed by atoms with Crippen molar-refractivity contribution in [3.63, 3.8) is 0 Å². The summed E-state index contributed by atoms with van der Waals surface area (Å²) >= 11 is 0. The molecule has 1 unspecified atom stereocenters. The summed E-state index contributed by atoms with van der Waals surface area (Å²) in [4.78, 5) is 73.2. The van der Waals surface area contributed by atoms with E-state index in [1.54, 1.807) is 34.1 Å². The molecule has 5 rings (SSSR count). The number of carbonyl (C=O) groups is 5. The number of allylic oxidation sites excluding steroid dienone is 6. The van der Waals surface area contributed by atoms with Gasteiger partial charge >= 0.3 is 5.97 Å². The second kappa shape index (κ2) is 29.2. The molecule has 4 heterocycles. The van der Waals surface area contributed by atoms with Crippen molar-refractivity contribution in [1.82, 2.24) is 4.90 Å². The van der Waals surface area contributed by atoms with Gasteiger partial charge in [-0.25, -0.2) is 4.79 Å². The minimum Gasteiger partial charge on any atom is -0.460 e. The Morgan fingerprint density at radius 2 is 1.55 bits per heavy atom. The molecule has 4 aliphatic heterocycles. The number of hydrogen-bond donors (Lipinski definition) is 1. The Bertz CT molecular complexity index is 1940. The summed E-state index contributed by atoms with van der Waals surface area (Å²) in [6, 6.07) is -1.13. The number of carbonyl (C=O) groups excluding carboxylic acids is 5. The summed E-state index contributed by atoms with van der Waals surface area (Å²) in [5.74, 6) is -7.43. The Morgan fingerprint density at radius 3 is 2.23 bits per heavy atom. The second-order valence-corrected chi connectivity index (χ2v) is 21.7. The maximum absolute atomic E-state index is 14.6. The Labute approximate surface area is 435 Å². The topological polar surface area (TPSA) is 192 Å². The van der Waals surface area contributed by atoms with Crippen LogP contribution in [0.25, 0.3) is 0 Å². The monoisotopic (exact) mass is 1030 g/mol. The number of ketones is 3. The van der Waals surface area contributed by atoms with Crippen molar-refractivity contribution in [2.75, 3.05) is 61.4 Å². The maximum Gasteiger partial charge on any atom is 0.329 e. The van der Waals surface area contributed by atoms with Gasteiger partial charge in [0, 0.05) is 65.6 Å². The zero-order chi connectivity index (χ0) is 53.4. The molecule has 4 fully saturated rings. The van der Waals surface area contributed by atoms with Crippen LogP contribution in [0.4, 0.5) is 0 Å². The highest BCUT2D eigenvalue weighted by Crippen LogP contribution is 2.38. The Kier molecular flexibility index (Phi) is 24.1. The standard InChI is InChI=1S/C57H89NO15/c1-35-17-13-12-14-18-36(2)48(71-34-44-33-69-25-26-70-44)31-43-22-20-41(7)57(64,73-43)54(61)55(62)58-24-16-15-19-45(58)56(63)72-49(38(4)29-42-21-23-47(65-8)50(30-42)66-9)32-46(59)37(3)28-40(6)52(67-10)53(68-11)51(60)39(5)27-35/h12-14,17-18,28,35,37-39,41-45,47-50,52-53,64H,15-16,19-27,29-34H2,1-11H3/b14-12+,17-13+,36-18+,40-28+/t35-,37-,38-,39-,41-,42+,43+,44?,45+,47-,48+,49+,50-,52-,53+,57-/m1/s1. The largest absolute Gasteiger partial charge is 0.460 e. The number of amides is 1. The van der Waals surface area contributed by atoms with Crippen molar-refractivity contribution < 1.29 is 71.7 Å². The van der Waals surface area contributed by atoms with Gasteiger partial charge in [0.25, 0.3) is 11.7 Å². The molecular weight excluding hydrogens is 939 g/mol. The van der Waals surface area contributed by atoms with Crippen LogP contribution in [0.3, 0.4) is 0 Å². The van der Waals surface area contributed by atoms with Gasteiger partial charge in [-0.2, -0.15) is 0 Å². The van der Waals surface area contributed by atoms with Crippen molar-refractivity contribution in [2.24, 2.45) is 35.5 Å². The summed E-state index contributed by atoms with van der Waals surface area (Å²) in [6.45, 7) is 14.8. The number of Topliss-reactive ketones (excluding diaryl/α,β-unsaturated/α-hetero) is 3. The van der Waals surface area contributed by atoms with Crippen LogP contribution in [0.15, 0.2) is 47.6 Å². The second-order valence-electron chi connectivity index (χ2n) is 21.7. The number of aliphatic hydroxyl groups is 1. The molecule has 0 aromatic heterocycles. The van der Waals surface area contributed by atoms with E-state index in [0.717, 1.165) is 24.8 Å². The summed E-state index contributed by atoms with van der Waals surface area (Å²) < 4.78 is 53.9. The van der Waals surface area contributed by atoms with Gasteiger partial charge in [0.15, 0.2) is 5.78 Å². The van der Waals surface area contributed by atoms with E-state index in [2.05, 4.69) is 6.92 Å². The van der Waals surface area contributed by atoms with E-state index in [-0.39, 0.29) is 86.0 Å². The molecule has 1 aliphatic carbocycles. The van der Waals surface area contributed by atoms with Crippen molar-refractivity contribution in [3.05, 3.63) is 47.6 Å². The van der Waals surface area contributed by atoms with Crippen LogP contribution in [-0.4, -0.2) is 161 Å². The number of methoxy groups -OCH3 is 4. The van der Waals surface area contributed by atoms with Gasteiger partial charge in [0.2, 0.25) is 5.79 Å². The van der Waals surface area contributed by atoms with Crippen LogP contribution in [0.2, 0.25) is 0 Å². The van der Waals surface area contributed by atoms with Gasteiger partial charge in [-0.15, -0.1) is 0 Å². The molecule has 1 amide bonds. The van der Waals surface area contributed by atoms with Crippen molar-refractivity contribution in [2.45, 2.75) is 186 Å². The highest BCUT2D eigenvalue weighted by atomic mass is 16.6. The van der Waals surface area contributed by atoms with E-state index in [1.807, 2.05) is 58.1 Å². The molecule has 1 N–H and O–H groups in total. The molecular formula is C57H89NO15. The van der Waals surface area contributed by atoms with Crippen molar-refractivity contribution in [3.8, 4) is 0 Å². The van der Waals surface area contributed by atoms with Gasteiger partial charge in [0.1, 0.15) is 36.2 Å². The molecule has 0 aromatic carbocycles. The first-order chi connectivity index (χ1) is 34.8. The van der Waals surface area contributed by atoms with Crippen LogP contribution in [0.1, 0.15) is 126 Å². The SMILES string of the molecule is CO[C@@H]1/C(C)=C/[C@@H](C)C(=O)C[C@@H]([C@H](C)C[C@@H]2CC[C@@H](OC)[C@H](OC)C2)OC(=O)[C@@H]2CCCCN2C(=O)C(=O)[C@]2(O)O[C@@H](CC[C@H]2C)C[C@H](OCC2COCCO2)/C(C)=C/C=C/C=C/[C@@H](C)C[C@@H](C)C(=O)[C@@H]1OC. The molecule has 1 saturated carbocycles. The Balaban J connectivity index is 1.49. The molecule has 73 heavy (non-hydrogen) atoms. The minimum absolute atomic E-state index is 0.0317. The third kappa shape index (κ3) is 16.5. The fourth-order valence-electron chi connectivity index (χ4n) is 11.4. The van der Waals surface area contributed by atoms with E-state index in [9.17, 15) is 29.1 Å². The van der Waals surface area contributed by atoms with Gasteiger partial charge in [0.05, 0.1) is 50.8 Å². The number of nitrogens with zero attached hydrogens (tertiary/aromatic N) is 1. The van der Waals surface area contributed by atoms with Crippen molar-refractivity contribution in [1.29, 1.82) is 0 Å². The third-order valence-electron chi connectivity index (χ3n) is 16.1. The highest BCUT2D eigenvalue weighted by Gasteiger charge is 2.53. The van der Waals surface area contributed by atoms with Crippen LogP contribution in [0.5, 0.6) is 0 Å². The molecule has 0 aromatic rings. The lowest BCUT2D eigenvalue weighted by atomic mass is 9.78. The predicted molar refractivity (Wildman–Crippen MR) is 274 cm³/mol. The molecule has 5 aliphatic rings. The number of fused-ring (bicyclic) bond motifs is 3. The lowest BCUT2D eigenvalue weighted by molar-refractivity contribution is -0.266. The first kappa shape index (κ1) is 60.4. The lowest BCUT2D eigenvalue weighted by Gasteiger charge is -2.43. The normalized spacial score (nSPS) is 39.6. The predicted octanol–water partition coefficient (Wildman–Crippen LogP) is 7.27.